The molecule has 0 aromatic carbocycles. The molecule has 0 aliphatic rings. The molecule has 2 rings (SSSR count). The van der Waals surface area contributed by atoms with Crippen LogP contribution in [0.15, 0.2) is 24.4 Å². The summed E-state index contributed by atoms with van der Waals surface area (Å²) in [6.45, 7) is 6.72. The van der Waals surface area contributed by atoms with Gasteiger partial charge in [0, 0.05) is 25.6 Å². The van der Waals surface area contributed by atoms with Crippen LogP contribution in [0.3, 0.4) is 0 Å². The summed E-state index contributed by atoms with van der Waals surface area (Å²) in [4.78, 5) is 13.4. The average Bonchev–Trinajstić information content (AvgIpc) is 2.47. The number of nitrogens with one attached hydrogen (secondary N) is 2. The van der Waals surface area contributed by atoms with Crippen molar-refractivity contribution in [3.8, 4) is 0 Å². The molecule has 22 heavy (non-hydrogen) atoms. The van der Waals surface area contributed by atoms with Gasteiger partial charge in [-0.3, -0.25) is 0 Å². The highest BCUT2D eigenvalue weighted by molar-refractivity contribution is 5.57. The molecule has 0 spiro atoms. The normalized spacial score (nSPS) is 11.3. The van der Waals surface area contributed by atoms with Gasteiger partial charge in [0.15, 0.2) is 0 Å². The number of nitrogens with zero attached hydrogens (tertiary/aromatic N) is 3. The molecule has 0 aliphatic carbocycles. The van der Waals surface area contributed by atoms with Crippen LogP contribution in [0.1, 0.15) is 32.3 Å². The minimum atomic E-state index is -0.131. The number of anilines is 3. The Morgan fingerprint density at radius 1 is 1.14 bits per heavy atom. The molecule has 118 valence electrons. The van der Waals surface area contributed by atoms with E-state index in [2.05, 4.69) is 46.4 Å². The topological polar surface area (TPSA) is 72.0 Å². The van der Waals surface area contributed by atoms with Gasteiger partial charge in [-0.1, -0.05) is 20.8 Å². The van der Waals surface area contributed by atoms with Crippen molar-refractivity contribution in [2.24, 2.45) is 0 Å². The van der Waals surface area contributed by atoms with Crippen LogP contribution >= 0.6 is 0 Å². The molecule has 0 amide bonds. The minimum Gasteiger partial charge on any atom is -0.378 e. The maximum atomic E-state index is 5.19. The van der Waals surface area contributed by atoms with Crippen LogP contribution in [0, 0.1) is 0 Å². The Labute approximate surface area is 131 Å². The van der Waals surface area contributed by atoms with Crippen molar-refractivity contribution in [1.29, 1.82) is 0 Å². The van der Waals surface area contributed by atoms with Crippen LogP contribution < -0.4 is 10.6 Å². The van der Waals surface area contributed by atoms with E-state index in [0.29, 0.717) is 6.61 Å². The zero-order valence-electron chi connectivity index (χ0n) is 13.8. The Balaban J connectivity index is 2.30. The van der Waals surface area contributed by atoms with Crippen LogP contribution in [0.4, 0.5) is 17.3 Å². The third-order valence-electron chi connectivity index (χ3n) is 3.03. The third-order valence-corrected chi connectivity index (χ3v) is 3.03. The lowest BCUT2D eigenvalue weighted by molar-refractivity contribution is 0.181. The van der Waals surface area contributed by atoms with Gasteiger partial charge in [0.2, 0.25) is 0 Å². The molecule has 0 radical (unpaired) electrons. The zero-order valence-corrected chi connectivity index (χ0v) is 13.8. The van der Waals surface area contributed by atoms with E-state index < -0.39 is 0 Å². The second-order valence-electron chi connectivity index (χ2n) is 6.06. The predicted molar refractivity (Wildman–Crippen MR) is 88.5 cm³/mol. The molecule has 0 fully saturated rings. The van der Waals surface area contributed by atoms with E-state index in [0.717, 1.165) is 28.8 Å². The second-order valence-corrected chi connectivity index (χ2v) is 6.06. The predicted octanol–water partition coefficient (Wildman–Crippen LogP) is 3.10. The summed E-state index contributed by atoms with van der Waals surface area (Å²) < 4.78 is 5.19. The molecule has 0 saturated heterocycles. The Bertz CT molecular complexity index is 619. The Morgan fingerprint density at radius 2 is 1.91 bits per heavy atom. The van der Waals surface area contributed by atoms with E-state index >= 15 is 0 Å². The lowest BCUT2D eigenvalue weighted by Crippen LogP contribution is -2.18. The fourth-order valence-electron chi connectivity index (χ4n) is 1.88. The fourth-order valence-corrected chi connectivity index (χ4v) is 1.88. The molecule has 2 heterocycles. The van der Waals surface area contributed by atoms with Crippen molar-refractivity contribution >= 4 is 17.3 Å². The average molecular weight is 301 g/mol. The summed E-state index contributed by atoms with van der Waals surface area (Å²) in [5, 5.41) is 6.26. The van der Waals surface area contributed by atoms with E-state index in [1.807, 2.05) is 25.2 Å². The largest absolute Gasteiger partial charge is 0.378 e. The monoisotopic (exact) mass is 301 g/mol. The van der Waals surface area contributed by atoms with Gasteiger partial charge in [-0.05, 0) is 12.1 Å². The Kier molecular flexibility index (Phi) is 4.92. The Morgan fingerprint density at radius 3 is 2.45 bits per heavy atom. The first-order valence-corrected chi connectivity index (χ1v) is 7.20. The van der Waals surface area contributed by atoms with Crippen molar-refractivity contribution < 1.29 is 4.74 Å². The number of hydrogen-bond donors (Lipinski definition) is 2. The van der Waals surface area contributed by atoms with Gasteiger partial charge in [-0.2, -0.15) is 0 Å². The van der Waals surface area contributed by atoms with Crippen molar-refractivity contribution in [2.75, 3.05) is 24.8 Å². The van der Waals surface area contributed by atoms with E-state index in [9.17, 15) is 0 Å². The first-order valence-electron chi connectivity index (χ1n) is 7.20. The smallest absolute Gasteiger partial charge is 0.136 e. The number of ether oxygens (including phenoxy) is 1. The summed E-state index contributed by atoms with van der Waals surface area (Å²) in [6, 6.07) is 5.75. The van der Waals surface area contributed by atoms with E-state index in [4.69, 9.17) is 4.74 Å². The summed E-state index contributed by atoms with van der Waals surface area (Å²) in [5.74, 6) is 2.35. The maximum Gasteiger partial charge on any atom is 0.136 e. The Hall–Kier alpha value is -2.21. The van der Waals surface area contributed by atoms with Gasteiger partial charge in [0.1, 0.15) is 17.5 Å². The molecular weight excluding hydrogens is 278 g/mol. The second kappa shape index (κ2) is 6.70. The van der Waals surface area contributed by atoms with Crippen molar-refractivity contribution in [1.82, 2.24) is 15.0 Å². The molecular formula is C16H23N5O. The fraction of sp³-hybridized carbons (Fsp3) is 0.438. The molecule has 0 atom stereocenters. The molecule has 2 aromatic rings. The number of hydrogen-bond acceptors (Lipinski definition) is 6. The van der Waals surface area contributed by atoms with Crippen molar-refractivity contribution in [3.05, 3.63) is 35.9 Å². The molecule has 6 heteroatoms. The van der Waals surface area contributed by atoms with Gasteiger partial charge in [0.05, 0.1) is 24.2 Å². The highest BCUT2D eigenvalue weighted by atomic mass is 16.5. The molecule has 0 unspecified atom stereocenters. The molecule has 0 aliphatic heterocycles. The molecule has 6 nitrogen and oxygen atoms in total. The van der Waals surface area contributed by atoms with Crippen LogP contribution in [0.25, 0.3) is 0 Å². The van der Waals surface area contributed by atoms with Gasteiger partial charge >= 0.3 is 0 Å². The minimum absolute atomic E-state index is 0.131. The first kappa shape index (κ1) is 16.2. The van der Waals surface area contributed by atoms with Crippen LogP contribution in [-0.2, 0) is 16.8 Å². The molecule has 2 N–H and O–H groups in total. The van der Waals surface area contributed by atoms with E-state index in [1.165, 1.54) is 0 Å². The first-order chi connectivity index (χ1) is 10.4. The van der Waals surface area contributed by atoms with Gasteiger partial charge in [-0.25, -0.2) is 15.0 Å². The van der Waals surface area contributed by atoms with Crippen LogP contribution in [-0.4, -0.2) is 29.1 Å². The van der Waals surface area contributed by atoms with Gasteiger partial charge < -0.3 is 15.4 Å². The summed E-state index contributed by atoms with van der Waals surface area (Å²) in [6.07, 6.45) is 1.76. The molecule has 2 aromatic heterocycles. The van der Waals surface area contributed by atoms with E-state index in [-0.39, 0.29) is 5.41 Å². The standard InChI is InChI=1S/C16H23N5O/c1-16(2,3)15-20-12(10-22-5)8-14(21-15)19-11-6-7-13(17-4)18-9-11/h6-9H,10H2,1-5H3,(H,17,18)(H,19,20,21). The summed E-state index contributed by atoms with van der Waals surface area (Å²) in [7, 11) is 3.50. The molecule has 0 saturated carbocycles. The molecule has 0 bridgehead atoms. The number of methoxy groups -OCH3 is 1. The number of pyridine rings is 1. The van der Waals surface area contributed by atoms with Crippen LogP contribution in [0.2, 0.25) is 0 Å². The number of rotatable bonds is 5. The highest BCUT2D eigenvalue weighted by Gasteiger charge is 2.19. The summed E-state index contributed by atoms with van der Waals surface area (Å²) >= 11 is 0. The lowest BCUT2D eigenvalue weighted by atomic mass is 9.95. The SMILES string of the molecule is CNc1ccc(Nc2cc(COC)nc(C(C)(C)C)n2)cn1. The van der Waals surface area contributed by atoms with E-state index in [1.54, 1.807) is 13.3 Å². The van der Waals surface area contributed by atoms with Crippen LogP contribution in [0.5, 0.6) is 0 Å². The third kappa shape index (κ3) is 4.14. The van der Waals surface area contributed by atoms with Crippen molar-refractivity contribution in [2.45, 2.75) is 32.8 Å². The van der Waals surface area contributed by atoms with Crippen molar-refractivity contribution in [3.63, 3.8) is 0 Å². The lowest BCUT2D eigenvalue weighted by Gasteiger charge is -2.19. The maximum absolute atomic E-state index is 5.19. The quantitative estimate of drug-likeness (QED) is 0.884. The van der Waals surface area contributed by atoms with Gasteiger partial charge in [-0.15, -0.1) is 0 Å². The van der Waals surface area contributed by atoms with Gasteiger partial charge in [0.25, 0.3) is 0 Å². The zero-order chi connectivity index (χ0) is 16.2. The highest BCUT2D eigenvalue weighted by Crippen LogP contribution is 2.22. The summed E-state index contributed by atoms with van der Waals surface area (Å²) in [5.41, 5.74) is 1.60. The number of aromatic nitrogens is 3.